The molecule has 0 spiro atoms. The van der Waals surface area contributed by atoms with E-state index in [-0.39, 0.29) is 41.5 Å². The van der Waals surface area contributed by atoms with Crippen molar-refractivity contribution in [1.82, 2.24) is 14.6 Å². The number of hydrogen-bond acceptors (Lipinski definition) is 9. The van der Waals surface area contributed by atoms with E-state index in [4.69, 9.17) is 20.9 Å². The number of nitrogens with two attached hydrogens (primary N) is 2. The summed E-state index contributed by atoms with van der Waals surface area (Å²) in [6.45, 7) is 0.204. The van der Waals surface area contributed by atoms with Crippen molar-refractivity contribution in [2.24, 2.45) is 5.73 Å². The molecule has 5 N–H and O–H groups in total. The zero-order chi connectivity index (χ0) is 25.9. The van der Waals surface area contributed by atoms with Gasteiger partial charge in [-0.25, -0.2) is 0 Å². The number of rotatable bonds is 8. The van der Waals surface area contributed by atoms with Crippen molar-refractivity contribution in [1.29, 1.82) is 0 Å². The third-order valence-electron chi connectivity index (χ3n) is 6.53. The Morgan fingerprint density at radius 1 is 1.14 bits per heavy atom. The number of amides is 3. The van der Waals surface area contributed by atoms with Crippen molar-refractivity contribution in [3.8, 4) is 11.5 Å². The highest BCUT2D eigenvalue weighted by Crippen LogP contribution is 2.36. The molecule has 1 atom stereocenters. The van der Waals surface area contributed by atoms with Crippen LogP contribution in [0, 0.1) is 0 Å². The largest absolute Gasteiger partial charge is 0.454 e. The van der Waals surface area contributed by atoms with Gasteiger partial charge in [-0.05, 0) is 53.5 Å². The number of hydrogen-bond donors (Lipinski definition) is 3. The normalized spacial score (nSPS) is 15.8. The van der Waals surface area contributed by atoms with Crippen LogP contribution in [-0.4, -0.2) is 39.8 Å². The zero-order valence-corrected chi connectivity index (χ0v) is 21.6. The summed E-state index contributed by atoms with van der Waals surface area (Å²) in [5, 5.41) is 5.04. The standard InChI is InChI=1S/C25H27N5O5S2/c26-19-20(23(27)31)29-37-22(19)25(33)30(12-14-8-9-16-17(11-14)35-13-34-16)21(18-7-4-10-36-18)24(32)28-15-5-2-1-3-6-15/h4,7-11,15,21H,1-3,5-6,12-13,26H2,(H2,27,31)(H,28,32)/t21-/m0/s1. The maximum atomic E-state index is 14.0. The van der Waals surface area contributed by atoms with Gasteiger partial charge in [-0.1, -0.05) is 31.4 Å². The lowest BCUT2D eigenvalue weighted by Gasteiger charge is -2.32. The first-order valence-electron chi connectivity index (χ1n) is 12.0. The fourth-order valence-corrected chi connectivity index (χ4v) is 6.27. The van der Waals surface area contributed by atoms with Crippen molar-refractivity contribution >= 4 is 46.3 Å². The van der Waals surface area contributed by atoms with Crippen LogP contribution in [0.4, 0.5) is 5.69 Å². The lowest BCUT2D eigenvalue weighted by molar-refractivity contribution is -0.127. The van der Waals surface area contributed by atoms with Crippen LogP contribution in [0.5, 0.6) is 11.5 Å². The van der Waals surface area contributed by atoms with Gasteiger partial charge < -0.3 is 31.2 Å². The summed E-state index contributed by atoms with van der Waals surface area (Å²) in [5.41, 5.74) is 12.0. The van der Waals surface area contributed by atoms with E-state index in [1.165, 1.54) is 16.2 Å². The number of benzene rings is 1. The van der Waals surface area contributed by atoms with Crippen LogP contribution < -0.4 is 26.3 Å². The second-order valence-corrected chi connectivity index (χ2v) is 10.8. The van der Waals surface area contributed by atoms with E-state index >= 15 is 0 Å². The number of primary amides is 1. The minimum Gasteiger partial charge on any atom is -0.454 e. The second kappa shape index (κ2) is 10.8. The van der Waals surface area contributed by atoms with Crippen molar-refractivity contribution in [2.75, 3.05) is 12.5 Å². The third kappa shape index (κ3) is 5.25. The van der Waals surface area contributed by atoms with Gasteiger partial charge in [0, 0.05) is 17.5 Å². The molecular weight excluding hydrogens is 514 g/mol. The van der Waals surface area contributed by atoms with Crippen molar-refractivity contribution < 1.29 is 23.9 Å². The van der Waals surface area contributed by atoms with Gasteiger partial charge in [-0.3, -0.25) is 14.4 Å². The Morgan fingerprint density at radius 2 is 1.92 bits per heavy atom. The highest BCUT2D eigenvalue weighted by Gasteiger charge is 2.36. The van der Waals surface area contributed by atoms with Crippen LogP contribution in [-0.2, 0) is 11.3 Å². The number of fused-ring (bicyclic) bond motifs is 1. The maximum Gasteiger partial charge on any atom is 0.270 e. The SMILES string of the molecule is NC(=O)c1nsc(C(=O)N(Cc2ccc3c(c2)OCO3)[C@H](C(=O)NC2CCCCC2)c2cccs2)c1N. The molecule has 37 heavy (non-hydrogen) atoms. The summed E-state index contributed by atoms with van der Waals surface area (Å²) >= 11 is 2.18. The van der Waals surface area contributed by atoms with E-state index in [0.717, 1.165) is 49.2 Å². The predicted octanol–water partition coefficient (Wildman–Crippen LogP) is 3.45. The Morgan fingerprint density at radius 3 is 2.62 bits per heavy atom. The smallest absolute Gasteiger partial charge is 0.270 e. The summed E-state index contributed by atoms with van der Waals surface area (Å²) in [5.74, 6) is -0.416. The van der Waals surface area contributed by atoms with Crippen LogP contribution in [0.1, 0.15) is 68.7 Å². The molecule has 12 heteroatoms. The van der Waals surface area contributed by atoms with Gasteiger partial charge in [0.25, 0.3) is 11.8 Å². The minimum atomic E-state index is -0.918. The first-order valence-corrected chi connectivity index (χ1v) is 13.7. The molecular formula is C25H27N5O5S2. The van der Waals surface area contributed by atoms with Crippen LogP contribution in [0.2, 0.25) is 0 Å². The van der Waals surface area contributed by atoms with Crippen molar-refractivity contribution in [3.63, 3.8) is 0 Å². The molecule has 1 fully saturated rings. The number of nitrogen functional groups attached to an aromatic ring is 1. The average molecular weight is 542 g/mol. The number of thiophene rings is 1. The van der Waals surface area contributed by atoms with E-state index in [2.05, 4.69) is 9.69 Å². The second-order valence-electron chi connectivity index (χ2n) is 9.02. The quantitative estimate of drug-likeness (QED) is 0.395. The van der Waals surface area contributed by atoms with Gasteiger partial charge in [0.1, 0.15) is 10.9 Å². The Balaban J connectivity index is 1.53. The molecule has 3 heterocycles. The summed E-state index contributed by atoms with van der Waals surface area (Å²) in [6, 6.07) is 8.20. The summed E-state index contributed by atoms with van der Waals surface area (Å²) in [6.07, 6.45) is 5.08. The Bertz CT molecular complexity index is 1300. The van der Waals surface area contributed by atoms with E-state index in [0.29, 0.717) is 16.4 Å². The van der Waals surface area contributed by atoms with E-state index in [1.807, 2.05) is 23.6 Å². The molecule has 0 bridgehead atoms. The molecule has 0 unspecified atom stereocenters. The lowest BCUT2D eigenvalue weighted by Crippen LogP contribution is -2.46. The van der Waals surface area contributed by atoms with Crippen LogP contribution in [0.15, 0.2) is 35.7 Å². The number of nitrogens with zero attached hydrogens (tertiary/aromatic N) is 2. The number of carbonyl (C=O) groups is 3. The molecule has 194 valence electrons. The molecule has 2 aromatic heterocycles. The van der Waals surface area contributed by atoms with Gasteiger partial charge in [0.2, 0.25) is 12.7 Å². The van der Waals surface area contributed by atoms with E-state index in [9.17, 15) is 14.4 Å². The monoisotopic (exact) mass is 541 g/mol. The number of aromatic nitrogens is 1. The average Bonchev–Trinajstić information content (AvgIpc) is 3.65. The molecule has 10 nitrogen and oxygen atoms in total. The molecule has 0 radical (unpaired) electrons. The summed E-state index contributed by atoms with van der Waals surface area (Å²) in [7, 11) is 0. The first-order chi connectivity index (χ1) is 17.9. The predicted molar refractivity (Wildman–Crippen MR) is 140 cm³/mol. The van der Waals surface area contributed by atoms with Crippen LogP contribution in [0.3, 0.4) is 0 Å². The number of anilines is 1. The Labute approximate surface area is 221 Å². The summed E-state index contributed by atoms with van der Waals surface area (Å²) < 4.78 is 14.9. The van der Waals surface area contributed by atoms with Gasteiger partial charge in [-0.2, -0.15) is 4.37 Å². The Hall–Kier alpha value is -3.64. The van der Waals surface area contributed by atoms with Crippen LogP contribution >= 0.6 is 22.9 Å². The number of nitrogens with one attached hydrogen (secondary N) is 1. The number of carbonyl (C=O) groups excluding carboxylic acids is 3. The molecule has 3 amide bonds. The van der Waals surface area contributed by atoms with Crippen molar-refractivity contribution in [2.45, 2.75) is 50.7 Å². The molecule has 1 aromatic carbocycles. The molecule has 1 aliphatic heterocycles. The van der Waals surface area contributed by atoms with Gasteiger partial charge in [0.15, 0.2) is 17.2 Å². The molecule has 2 aliphatic rings. The molecule has 0 saturated heterocycles. The van der Waals surface area contributed by atoms with Crippen LogP contribution in [0.25, 0.3) is 0 Å². The van der Waals surface area contributed by atoms with Gasteiger partial charge >= 0.3 is 0 Å². The van der Waals surface area contributed by atoms with Gasteiger partial charge in [0.05, 0.1) is 5.69 Å². The maximum absolute atomic E-state index is 14.0. The zero-order valence-electron chi connectivity index (χ0n) is 20.0. The molecule has 3 aromatic rings. The molecule has 5 rings (SSSR count). The lowest BCUT2D eigenvalue weighted by atomic mass is 9.95. The fourth-order valence-electron chi connectivity index (χ4n) is 4.67. The van der Waals surface area contributed by atoms with E-state index < -0.39 is 17.9 Å². The topological polar surface area (TPSA) is 150 Å². The highest BCUT2D eigenvalue weighted by molar-refractivity contribution is 7.10. The number of ether oxygens (including phenoxy) is 2. The molecule has 1 aliphatic carbocycles. The highest BCUT2D eigenvalue weighted by atomic mass is 32.1. The first kappa shape index (κ1) is 25.0. The fraction of sp³-hybridized carbons (Fsp3) is 0.360. The summed E-state index contributed by atoms with van der Waals surface area (Å²) in [4.78, 5) is 41.8. The Kier molecular flexibility index (Phi) is 7.28. The third-order valence-corrected chi connectivity index (χ3v) is 8.31. The molecule has 1 saturated carbocycles. The van der Waals surface area contributed by atoms with E-state index in [1.54, 1.807) is 12.1 Å². The van der Waals surface area contributed by atoms with Gasteiger partial charge in [-0.15, -0.1) is 11.3 Å². The van der Waals surface area contributed by atoms with Crippen molar-refractivity contribution in [3.05, 3.63) is 56.7 Å². The minimum absolute atomic E-state index is 0.0566.